The third-order valence-electron chi connectivity index (χ3n) is 3.83. The lowest BCUT2D eigenvalue weighted by Gasteiger charge is -2.10. The van der Waals surface area contributed by atoms with E-state index in [1.807, 2.05) is 28.8 Å². The van der Waals surface area contributed by atoms with Crippen molar-refractivity contribution in [3.05, 3.63) is 36.3 Å². The van der Waals surface area contributed by atoms with Gasteiger partial charge in [-0.2, -0.15) is 0 Å². The molecule has 2 aromatic heterocycles. The molecule has 2 N–H and O–H groups in total. The zero-order chi connectivity index (χ0) is 14.7. The predicted octanol–water partition coefficient (Wildman–Crippen LogP) is 2.46. The second-order valence-corrected chi connectivity index (χ2v) is 5.67. The van der Waals surface area contributed by atoms with Gasteiger partial charge in [-0.3, -0.25) is 4.99 Å². The van der Waals surface area contributed by atoms with E-state index in [9.17, 15) is 0 Å². The lowest BCUT2D eigenvalue weighted by molar-refractivity contribution is 0.764. The maximum absolute atomic E-state index is 4.64. The molecule has 0 bridgehead atoms. The summed E-state index contributed by atoms with van der Waals surface area (Å²) in [4.78, 5) is 9.23. The summed E-state index contributed by atoms with van der Waals surface area (Å²) in [5.41, 5.74) is 2.08. The number of nitrogens with zero attached hydrogens (tertiary/aromatic N) is 3. The van der Waals surface area contributed by atoms with Crippen molar-refractivity contribution in [1.82, 2.24) is 20.0 Å². The van der Waals surface area contributed by atoms with Gasteiger partial charge in [0.25, 0.3) is 0 Å². The van der Waals surface area contributed by atoms with Crippen LogP contribution in [0.4, 0.5) is 0 Å². The lowest BCUT2D eigenvalue weighted by Crippen LogP contribution is -2.39. The van der Waals surface area contributed by atoms with E-state index < -0.39 is 0 Å². The zero-order valence-corrected chi connectivity index (χ0v) is 15.5. The van der Waals surface area contributed by atoms with Gasteiger partial charge in [0, 0.05) is 37.9 Å². The number of imidazole rings is 1. The summed E-state index contributed by atoms with van der Waals surface area (Å²) in [6, 6.07) is 6.64. The second-order valence-electron chi connectivity index (χ2n) is 5.67. The van der Waals surface area contributed by atoms with Gasteiger partial charge in [-0.1, -0.05) is 13.0 Å². The maximum Gasteiger partial charge on any atom is 0.191 e. The molecule has 0 amide bonds. The third-order valence-corrected chi connectivity index (χ3v) is 3.83. The van der Waals surface area contributed by atoms with Crippen molar-refractivity contribution in [2.24, 2.45) is 10.9 Å². The molecule has 1 aliphatic carbocycles. The zero-order valence-electron chi connectivity index (χ0n) is 13.1. The van der Waals surface area contributed by atoms with Gasteiger partial charge in [0.15, 0.2) is 5.96 Å². The highest BCUT2D eigenvalue weighted by molar-refractivity contribution is 14.0. The summed E-state index contributed by atoms with van der Waals surface area (Å²) < 4.78 is 2.05. The molecule has 2 heterocycles. The molecular weight excluding hydrogens is 389 g/mol. The van der Waals surface area contributed by atoms with Crippen LogP contribution in [-0.2, 0) is 6.42 Å². The lowest BCUT2D eigenvalue weighted by atomic mass is 10.3. The Kier molecular flexibility index (Phi) is 6.05. The number of aliphatic imine (C=N–C) groups is 1. The fourth-order valence-electron chi connectivity index (χ4n) is 2.41. The van der Waals surface area contributed by atoms with Crippen LogP contribution in [0.25, 0.3) is 5.65 Å². The Hall–Kier alpha value is -1.31. The van der Waals surface area contributed by atoms with Crippen LogP contribution < -0.4 is 10.6 Å². The SMILES string of the molecule is CCNC(=NCCc1cn2ccccc2n1)NC1CC1C.I. The van der Waals surface area contributed by atoms with E-state index in [-0.39, 0.29) is 24.0 Å². The number of guanidine groups is 1. The summed E-state index contributed by atoms with van der Waals surface area (Å²) in [6.07, 6.45) is 6.21. The van der Waals surface area contributed by atoms with E-state index in [0.29, 0.717) is 6.04 Å². The van der Waals surface area contributed by atoms with Crippen molar-refractivity contribution < 1.29 is 0 Å². The van der Waals surface area contributed by atoms with Gasteiger partial charge < -0.3 is 15.0 Å². The molecule has 0 saturated heterocycles. The van der Waals surface area contributed by atoms with E-state index >= 15 is 0 Å². The van der Waals surface area contributed by atoms with E-state index in [1.54, 1.807) is 0 Å². The van der Waals surface area contributed by atoms with Crippen molar-refractivity contribution in [3.63, 3.8) is 0 Å². The minimum Gasteiger partial charge on any atom is -0.357 e. The first-order valence-electron chi connectivity index (χ1n) is 7.73. The number of nitrogens with one attached hydrogen (secondary N) is 2. The molecule has 0 radical (unpaired) electrons. The summed E-state index contributed by atoms with van der Waals surface area (Å²) in [6.45, 7) is 6.00. The normalized spacial score (nSPS) is 20.5. The number of hydrogen-bond acceptors (Lipinski definition) is 2. The molecule has 22 heavy (non-hydrogen) atoms. The van der Waals surface area contributed by atoms with Gasteiger partial charge >= 0.3 is 0 Å². The number of aromatic nitrogens is 2. The number of halogens is 1. The van der Waals surface area contributed by atoms with Crippen LogP contribution in [0.3, 0.4) is 0 Å². The molecule has 1 fully saturated rings. The molecular formula is C16H24IN5. The van der Waals surface area contributed by atoms with Gasteiger partial charge in [0.2, 0.25) is 0 Å². The number of rotatable bonds is 5. The first-order chi connectivity index (χ1) is 10.3. The summed E-state index contributed by atoms with van der Waals surface area (Å²) >= 11 is 0. The smallest absolute Gasteiger partial charge is 0.191 e. The van der Waals surface area contributed by atoms with Gasteiger partial charge in [-0.15, -0.1) is 24.0 Å². The Bertz CT molecular complexity index is 603. The monoisotopic (exact) mass is 413 g/mol. The van der Waals surface area contributed by atoms with Crippen molar-refractivity contribution in [2.45, 2.75) is 32.7 Å². The molecule has 120 valence electrons. The highest BCUT2D eigenvalue weighted by Gasteiger charge is 2.33. The Morgan fingerprint density at radius 1 is 1.45 bits per heavy atom. The van der Waals surface area contributed by atoms with E-state index in [2.05, 4.69) is 40.7 Å². The van der Waals surface area contributed by atoms with Gasteiger partial charge in [-0.05, 0) is 31.4 Å². The number of hydrogen-bond donors (Lipinski definition) is 2. The van der Waals surface area contributed by atoms with Crippen LogP contribution in [0.2, 0.25) is 0 Å². The Labute approximate surface area is 148 Å². The van der Waals surface area contributed by atoms with Crippen molar-refractivity contribution in [1.29, 1.82) is 0 Å². The average molecular weight is 413 g/mol. The van der Waals surface area contributed by atoms with Crippen LogP contribution >= 0.6 is 24.0 Å². The van der Waals surface area contributed by atoms with Gasteiger partial charge in [-0.25, -0.2) is 4.98 Å². The first kappa shape index (κ1) is 17.1. The molecule has 0 aliphatic heterocycles. The van der Waals surface area contributed by atoms with Crippen molar-refractivity contribution in [2.75, 3.05) is 13.1 Å². The molecule has 2 atom stereocenters. The van der Waals surface area contributed by atoms with Crippen LogP contribution in [-0.4, -0.2) is 34.5 Å². The van der Waals surface area contributed by atoms with E-state index in [0.717, 1.165) is 42.7 Å². The molecule has 0 spiro atoms. The fourth-order valence-corrected chi connectivity index (χ4v) is 2.41. The van der Waals surface area contributed by atoms with E-state index in [4.69, 9.17) is 0 Å². The van der Waals surface area contributed by atoms with Crippen LogP contribution in [0.1, 0.15) is 26.0 Å². The van der Waals surface area contributed by atoms with Crippen molar-refractivity contribution >= 4 is 35.6 Å². The molecule has 1 aliphatic rings. The molecule has 6 heteroatoms. The van der Waals surface area contributed by atoms with Crippen LogP contribution in [0, 0.1) is 5.92 Å². The van der Waals surface area contributed by atoms with E-state index in [1.165, 1.54) is 6.42 Å². The average Bonchev–Trinajstić information content (AvgIpc) is 3.01. The van der Waals surface area contributed by atoms with Crippen LogP contribution in [0.15, 0.2) is 35.6 Å². The molecule has 2 aromatic rings. The topological polar surface area (TPSA) is 53.7 Å². The van der Waals surface area contributed by atoms with Gasteiger partial charge in [0.1, 0.15) is 5.65 Å². The quantitative estimate of drug-likeness (QED) is 0.450. The largest absolute Gasteiger partial charge is 0.357 e. The predicted molar refractivity (Wildman–Crippen MR) is 101 cm³/mol. The van der Waals surface area contributed by atoms with Crippen molar-refractivity contribution in [3.8, 4) is 0 Å². The Morgan fingerprint density at radius 2 is 2.27 bits per heavy atom. The molecule has 5 nitrogen and oxygen atoms in total. The minimum atomic E-state index is 0. The number of pyridine rings is 1. The fraction of sp³-hybridized carbons (Fsp3) is 0.500. The molecule has 2 unspecified atom stereocenters. The summed E-state index contributed by atoms with van der Waals surface area (Å²) in [5, 5.41) is 6.77. The first-order valence-corrected chi connectivity index (χ1v) is 7.73. The Morgan fingerprint density at radius 3 is 2.95 bits per heavy atom. The second kappa shape index (κ2) is 7.80. The molecule has 0 aromatic carbocycles. The Balaban J connectivity index is 0.00000176. The maximum atomic E-state index is 4.64. The summed E-state index contributed by atoms with van der Waals surface area (Å²) in [7, 11) is 0. The highest BCUT2D eigenvalue weighted by Crippen LogP contribution is 2.28. The molecule has 1 saturated carbocycles. The standard InChI is InChI=1S/C16H23N5.HI/c1-3-17-16(20-14-10-12(14)2)18-8-7-13-11-21-9-5-4-6-15(21)19-13;/h4-6,9,11-12,14H,3,7-8,10H2,1-2H3,(H2,17,18,20);1H. The highest BCUT2D eigenvalue weighted by atomic mass is 127. The number of fused-ring (bicyclic) bond motifs is 1. The molecule has 3 rings (SSSR count). The minimum absolute atomic E-state index is 0. The third kappa shape index (κ3) is 4.34. The van der Waals surface area contributed by atoms with Gasteiger partial charge in [0.05, 0.1) is 5.69 Å². The van der Waals surface area contributed by atoms with Crippen LogP contribution in [0.5, 0.6) is 0 Å². The summed E-state index contributed by atoms with van der Waals surface area (Å²) in [5.74, 6) is 1.70.